The second-order valence-corrected chi connectivity index (χ2v) is 25.9. The molecule has 5 heterocycles. The van der Waals surface area contributed by atoms with Crippen molar-refractivity contribution in [2.45, 2.75) is 0 Å². The predicted octanol–water partition coefficient (Wildman–Crippen LogP) is 23.9. The summed E-state index contributed by atoms with van der Waals surface area (Å²) in [7, 11) is 0. The van der Waals surface area contributed by atoms with Crippen molar-refractivity contribution in [3.8, 4) is 101 Å². The van der Waals surface area contributed by atoms with Gasteiger partial charge in [-0.3, -0.25) is 0 Å². The molecule has 100 heavy (non-hydrogen) atoms. The van der Waals surface area contributed by atoms with E-state index >= 15 is 0 Å². The number of fused-ring (bicyclic) bond motifs is 12. The van der Waals surface area contributed by atoms with E-state index in [1.54, 1.807) is 0 Å². The second kappa shape index (κ2) is 23.1. The average Bonchev–Trinajstić information content (AvgIpc) is 1.51. The Balaban J connectivity index is 0.862. The van der Waals surface area contributed by atoms with Crippen molar-refractivity contribution in [1.29, 1.82) is 0 Å². The maximum absolute atomic E-state index is 5.87. The van der Waals surface area contributed by atoms with Crippen LogP contribution in [0.4, 0.5) is 0 Å². The van der Waals surface area contributed by atoms with Crippen molar-refractivity contribution in [1.82, 2.24) is 33.2 Å². The van der Waals surface area contributed by atoms with Crippen LogP contribution in [-0.4, -0.2) is 33.2 Å². The first-order valence-electron chi connectivity index (χ1n) is 34.1. The molecular formula is C93H59N7. The SMILES string of the molecule is c1ccc(-c2ccc3c(c2)c2ccccc2n3-c2ccc(-c3nc(-c4ccccc4)nc(-c4ccc(-n5c6ccccc6c6cc(-c7ccccc7)ccc65)cc4-n4c5ccccc5c5cc(-c6ccccc6)ccc54)n3)c(-n3c4ccccc4c4cc(-c5ccccc5)ccc43)c2)cc1. The summed E-state index contributed by atoms with van der Waals surface area (Å²) < 4.78 is 9.71. The van der Waals surface area contributed by atoms with E-state index < -0.39 is 0 Å². The molecule has 15 aromatic carbocycles. The molecule has 20 aromatic rings. The number of hydrogen-bond donors (Lipinski definition) is 0. The summed E-state index contributed by atoms with van der Waals surface area (Å²) in [5.41, 5.74) is 24.4. The van der Waals surface area contributed by atoms with Crippen LogP contribution in [0.2, 0.25) is 0 Å². The number of nitrogens with zero attached hydrogens (tertiary/aromatic N) is 7. The van der Waals surface area contributed by atoms with Crippen LogP contribution >= 0.6 is 0 Å². The lowest BCUT2D eigenvalue weighted by molar-refractivity contribution is 1.05. The molecule has 0 aliphatic rings. The Morgan fingerprint density at radius 3 is 0.730 bits per heavy atom. The third kappa shape index (κ3) is 9.24. The summed E-state index contributed by atoms with van der Waals surface area (Å²) in [6, 6.07) is 129. The van der Waals surface area contributed by atoms with Crippen molar-refractivity contribution in [2.24, 2.45) is 0 Å². The summed E-state index contributed by atoms with van der Waals surface area (Å²) in [4.78, 5) is 17.2. The highest BCUT2D eigenvalue weighted by Crippen LogP contribution is 2.45. The monoisotopic (exact) mass is 1270 g/mol. The van der Waals surface area contributed by atoms with E-state index in [-0.39, 0.29) is 0 Å². The van der Waals surface area contributed by atoms with E-state index in [1.807, 2.05) is 6.07 Å². The van der Waals surface area contributed by atoms with Crippen LogP contribution in [0.1, 0.15) is 0 Å². The molecule has 7 nitrogen and oxygen atoms in total. The third-order valence-electron chi connectivity index (χ3n) is 20.2. The minimum absolute atomic E-state index is 0.535. The van der Waals surface area contributed by atoms with E-state index in [9.17, 15) is 0 Å². The fourth-order valence-corrected chi connectivity index (χ4v) is 15.6. The van der Waals surface area contributed by atoms with Crippen molar-refractivity contribution in [3.63, 3.8) is 0 Å². The molecule has 0 bridgehead atoms. The summed E-state index contributed by atoms with van der Waals surface area (Å²) in [6.07, 6.45) is 0. The van der Waals surface area contributed by atoms with E-state index in [0.717, 1.165) is 127 Å². The molecule has 0 unspecified atom stereocenters. The van der Waals surface area contributed by atoms with Crippen molar-refractivity contribution in [3.05, 3.63) is 358 Å². The van der Waals surface area contributed by atoms with E-state index in [0.29, 0.717) is 17.5 Å². The molecule has 0 saturated heterocycles. The molecule has 0 amide bonds. The molecule has 20 rings (SSSR count). The lowest BCUT2D eigenvalue weighted by atomic mass is 10.0. The number of benzene rings is 15. The number of rotatable bonds is 11. The lowest BCUT2D eigenvalue weighted by Crippen LogP contribution is -2.07. The Morgan fingerprint density at radius 2 is 0.410 bits per heavy atom. The van der Waals surface area contributed by atoms with Gasteiger partial charge < -0.3 is 18.3 Å². The van der Waals surface area contributed by atoms with Crippen LogP contribution in [0, 0.1) is 0 Å². The highest BCUT2D eigenvalue weighted by molar-refractivity contribution is 6.15. The fourth-order valence-electron chi connectivity index (χ4n) is 15.6. The zero-order chi connectivity index (χ0) is 65.8. The van der Waals surface area contributed by atoms with Crippen LogP contribution in [0.25, 0.3) is 189 Å². The Labute approximate surface area is 576 Å². The standard InChI is InChI=1S/C93H59N7/c1-6-24-60(25-7-1)65-42-50-85-77(54-65)71-34-16-20-38-81(71)97(85)69-46-48-75(89(58-69)99-83-40-22-18-36-73(83)79-56-67(44-52-87(79)99)62-28-10-3-11-29-62)92-94-91(64-32-14-5-15-33-64)95-93(96-92)76-49-47-70(98-82-39-21-17-35-72(82)78-55-66(43-51-86(78)98)61-26-8-2-9-27-61)59-90(76)100-84-41-23-19-37-74(84)80-57-68(45-53-88(80)100)63-30-12-4-13-31-63/h1-59H. The highest BCUT2D eigenvalue weighted by atomic mass is 15.1. The molecule has 0 radical (unpaired) electrons. The Bertz CT molecular complexity index is 6240. The quantitative estimate of drug-likeness (QED) is 0.130. The van der Waals surface area contributed by atoms with Gasteiger partial charge in [-0.2, -0.15) is 0 Å². The normalized spacial score (nSPS) is 11.8. The molecule has 0 saturated carbocycles. The molecule has 0 fully saturated rings. The van der Waals surface area contributed by atoms with Crippen molar-refractivity contribution in [2.75, 3.05) is 0 Å². The first-order valence-corrected chi connectivity index (χ1v) is 34.1. The van der Waals surface area contributed by atoms with Crippen LogP contribution < -0.4 is 0 Å². The number of para-hydroxylation sites is 4. The molecule has 466 valence electrons. The molecule has 7 heteroatoms. The molecule has 0 N–H and O–H groups in total. The molecular weight excluding hydrogens is 1220 g/mol. The average molecular weight is 1270 g/mol. The van der Waals surface area contributed by atoms with E-state index in [2.05, 4.69) is 370 Å². The van der Waals surface area contributed by atoms with Gasteiger partial charge in [0.25, 0.3) is 0 Å². The first kappa shape index (κ1) is 56.8. The molecule has 0 aliphatic heterocycles. The van der Waals surface area contributed by atoms with Crippen molar-refractivity contribution < 1.29 is 0 Å². The summed E-state index contributed by atoms with van der Waals surface area (Å²) >= 11 is 0. The number of aromatic nitrogens is 7. The predicted molar refractivity (Wildman–Crippen MR) is 415 cm³/mol. The zero-order valence-corrected chi connectivity index (χ0v) is 54.2. The fraction of sp³-hybridized carbons (Fsp3) is 0. The van der Waals surface area contributed by atoms with Crippen LogP contribution in [-0.2, 0) is 0 Å². The second-order valence-electron chi connectivity index (χ2n) is 25.9. The topological polar surface area (TPSA) is 58.4 Å². The molecule has 5 aromatic heterocycles. The van der Waals surface area contributed by atoms with Gasteiger partial charge in [0, 0.05) is 71.2 Å². The van der Waals surface area contributed by atoms with Gasteiger partial charge in [-0.15, -0.1) is 0 Å². The zero-order valence-electron chi connectivity index (χ0n) is 54.2. The van der Waals surface area contributed by atoms with Crippen LogP contribution in [0.15, 0.2) is 358 Å². The van der Waals surface area contributed by atoms with Gasteiger partial charge in [0.1, 0.15) is 0 Å². The summed E-state index contributed by atoms with van der Waals surface area (Å²) in [6.45, 7) is 0. The minimum atomic E-state index is 0.535. The van der Waals surface area contributed by atoms with Gasteiger partial charge in [0.05, 0.1) is 55.5 Å². The third-order valence-corrected chi connectivity index (χ3v) is 20.2. The van der Waals surface area contributed by atoms with Gasteiger partial charge in [0.15, 0.2) is 17.5 Å². The van der Waals surface area contributed by atoms with Gasteiger partial charge in [-0.25, -0.2) is 15.0 Å². The minimum Gasteiger partial charge on any atom is -0.309 e. The Kier molecular flexibility index (Phi) is 13.1. The van der Waals surface area contributed by atoms with Gasteiger partial charge in [-0.05, 0) is 154 Å². The van der Waals surface area contributed by atoms with Gasteiger partial charge in [-0.1, -0.05) is 249 Å². The smallest absolute Gasteiger partial charge is 0.166 e. The van der Waals surface area contributed by atoms with E-state index in [4.69, 9.17) is 15.0 Å². The molecule has 0 atom stereocenters. The molecule has 0 spiro atoms. The van der Waals surface area contributed by atoms with Crippen LogP contribution in [0.5, 0.6) is 0 Å². The molecule has 0 aliphatic carbocycles. The first-order chi connectivity index (χ1) is 49.6. The lowest BCUT2D eigenvalue weighted by Gasteiger charge is -2.19. The summed E-state index contributed by atoms with van der Waals surface area (Å²) in [5, 5.41) is 9.29. The van der Waals surface area contributed by atoms with E-state index in [1.165, 1.54) is 43.8 Å². The number of hydrogen-bond acceptors (Lipinski definition) is 3. The highest BCUT2D eigenvalue weighted by Gasteiger charge is 2.26. The largest absolute Gasteiger partial charge is 0.309 e. The van der Waals surface area contributed by atoms with Gasteiger partial charge >= 0.3 is 0 Å². The van der Waals surface area contributed by atoms with Gasteiger partial charge in [0.2, 0.25) is 0 Å². The summed E-state index contributed by atoms with van der Waals surface area (Å²) in [5.74, 6) is 1.63. The maximum Gasteiger partial charge on any atom is 0.166 e. The maximum atomic E-state index is 5.87. The Hall–Kier alpha value is -13.5. The Morgan fingerprint density at radius 1 is 0.160 bits per heavy atom. The van der Waals surface area contributed by atoms with Crippen molar-refractivity contribution >= 4 is 87.2 Å². The van der Waals surface area contributed by atoms with Crippen LogP contribution in [0.3, 0.4) is 0 Å².